The molecule has 0 aliphatic carbocycles. The summed E-state index contributed by atoms with van der Waals surface area (Å²) in [6, 6.07) is 0.427. The zero-order chi connectivity index (χ0) is 17.2. The fourth-order valence-electron chi connectivity index (χ4n) is 2.96. The Bertz CT molecular complexity index is 323. The molecule has 23 heavy (non-hydrogen) atoms. The summed E-state index contributed by atoms with van der Waals surface area (Å²) in [7, 11) is 2.03. The van der Waals surface area contributed by atoms with Gasteiger partial charge in [-0.2, -0.15) is 0 Å². The molecule has 0 aromatic carbocycles. The summed E-state index contributed by atoms with van der Waals surface area (Å²) in [5.74, 6) is 1.13. The number of amides is 1. The Morgan fingerprint density at radius 1 is 0.957 bits per heavy atom. The quantitative estimate of drug-likeness (QED) is 0.578. The Morgan fingerprint density at radius 2 is 1.57 bits per heavy atom. The van der Waals surface area contributed by atoms with Crippen LogP contribution in [0.25, 0.3) is 0 Å². The smallest absolute Gasteiger partial charge is 0.236 e. The molecule has 1 fully saturated rings. The van der Waals surface area contributed by atoms with Gasteiger partial charge in [-0.05, 0) is 39.8 Å². The maximum atomic E-state index is 12.3. The molecule has 1 saturated heterocycles. The third kappa shape index (κ3) is 8.71. The van der Waals surface area contributed by atoms with Gasteiger partial charge in [0.05, 0.1) is 6.54 Å². The van der Waals surface area contributed by atoms with Crippen LogP contribution in [-0.2, 0) is 4.79 Å². The molecule has 0 aromatic rings. The number of piperazine rings is 1. The lowest BCUT2D eigenvalue weighted by atomic mass is 10.0. The van der Waals surface area contributed by atoms with Gasteiger partial charge in [-0.15, -0.1) is 0 Å². The highest BCUT2D eigenvalue weighted by Crippen LogP contribution is 2.11. The van der Waals surface area contributed by atoms with Gasteiger partial charge in [0.25, 0.3) is 0 Å². The van der Waals surface area contributed by atoms with E-state index in [9.17, 15) is 4.79 Å². The maximum absolute atomic E-state index is 12.3. The van der Waals surface area contributed by atoms with Crippen molar-refractivity contribution in [1.82, 2.24) is 14.7 Å². The van der Waals surface area contributed by atoms with Gasteiger partial charge in [0.2, 0.25) is 5.91 Å². The predicted octanol–water partition coefficient (Wildman–Crippen LogP) is 3.08. The number of hydrogen-bond acceptors (Lipinski definition) is 3. The lowest BCUT2D eigenvalue weighted by molar-refractivity contribution is -0.134. The van der Waals surface area contributed by atoms with Gasteiger partial charge in [0.15, 0.2) is 0 Å². The van der Waals surface area contributed by atoms with E-state index in [4.69, 9.17) is 0 Å². The van der Waals surface area contributed by atoms with E-state index >= 15 is 0 Å². The molecular weight excluding hydrogens is 286 g/mol. The second-order valence-corrected chi connectivity index (χ2v) is 7.83. The number of nitrogens with zero attached hydrogens (tertiary/aromatic N) is 3. The summed E-state index contributed by atoms with van der Waals surface area (Å²) in [4.78, 5) is 19.0. The lowest BCUT2D eigenvalue weighted by Crippen LogP contribution is -2.51. The zero-order valence-electron chi connectivity index (χ0n) is 16.2. The Balaban J connectivity index is 2.10. The van der Waals surface area contributed by atoms with Crippen molar-refractivity contribution in [2.75, 3.05) is 46.3 Å². The van der Waals surface area contributed by atoms with Gasteiger partial charge in [0.1, 0.15) is 0 Å². The van der Waals surface area contributed by atoms with Crippen molar-refractivity contribution in [2.24, 2.45) is 5.92 Å². The SMILES string of the molecule is CC(C)CCCCCCN1CCN(C(=O)CN(C)C(C)C)CC1. The second-order valence-electron chi connectivity index (χ2n) is 7.83. The first-order valence-electron chi connectivity index (χ1n) is 9.60. The molecule has 1 rings (SSSR count). The highest BCUT2D eigenvalue weighted by molar-refractivity contribution is 5.78. The van der Waals surface area contributed by atoms with Crippen LogP contribution in [0.2, 0.25) is 0 Å². The maximum Gasteiger partial charge on any atom is 0.236 e. The van der Waals surface area contributed by atoms with Gasteiger partial charge in [-0.3, -0.25) is 14.6 Å². The summed E-state index contributed by atoms with van der Waals surface area (Å²) in [6.45, 7) is 14.5. The largest absolute Gasteiger partial charge is 0.339 e. The Hall–Kier alpha value is -0.610. The molecule has 136 valence electrons. The van der Waals surface area contributed by atoms with Gasteiger partial charge >= 0.3 is 0 Å². The highest BCUT2D eigenvalue weighted by Gasteiger charge is 2.21. The van der Waals surface area contributed by atoms with Crippen LogP contribution < -0.4 is 0 Å². The van der Waals surface area contributed by atoms with Crippen molar-refractivity contribution >= 4 is 5.91 Å². The number of likely N-dealkylation sites (N-methyl/N-ethyl adjacent to an activating group) is 1. The molecule has 0 aromatic heterocycles. The van der Waals surface area contributed by atoms with Crippen LogP contribution in [-0.4, -0.2) is 73.0 Å². The summed E-state index contributed by atoms with van der Waals surface area (Å²) in [5.41, 5.74) is 0. The molecule has 1 aliphatic heterocycles. The van der Waals surface area contributed by atoms with Crippen molar-refractivity contribution in [3.8, 4) is 0 Å². The van der Waals surface area contributed by atoms with Crippen molar-refractivity contribution in [3.05, 3.63) is 0 Å². The van der Waals surface area contributed by atoms with Gasteiger partial charge < -0.3 is 4.90 Å². The lowest BCUT2D eigenvalue weighted by Gasteiger charge is -2.36. The van der Waals surface area contributed by atoms with Gasteiger partial charge in [-0.1, -0.05) is 39.5 Å². The molecule has 0 N–H and O–H groups in total. The van der Waals surface area contributed by atoms with Crippen molar-refractivity contribution in [2.45, 2.75) is 65.8 Å². The molecule has 0 radical (unpaired) electrons. The van der Waals surface area contributed by atoms with E-state index in [2.05, 4.69) is 37.5 Å². The molecule has 0 atom stereocenters. The zero-order valence-corrected chi connectivity index (χ0v) is 16.2. The van der Waals surface area contributed by atoms with Crippen molar-refractivity contribution < 1.29 is 4.79 Å². The van der Waals surface area contributed by atoms with E-state index in [0.29, 0.717) is 12.6 Å². The monoisotopic (exact) mass is 325 g/mol. The van der Waals surface area contributed by atoms with E-state index in [-0.39, 0.29) is 5.91 Å². The summed E-state index contributed by atoms with van der Waals surface area (Å²) >= 11 is 0. The Kier molecular flexibility index (Phi) is 9.80. The van der Waals surface area contributed by atoms with Crippen LogP contribution >= 0.6 is 0 Å². The number of carbonyl (C=O) groups is 1. The van der Waals surface area contributed by atoms with E-state index in [1.165, 1.54) is 38.6 Å². The topological polar surface area (TPSA) is 26.8 Å². The van der Waals surface area contributed by atoms with Crippen molar-refractivity contribution in [3.63, 3.8) is 0 Å². The molecule has 1 heterocycles. The molecule has 1 aliphatic rings. The number of hydrogen-bond donors (Lipinski definition) is 0. The third-order valence-corrected chi connectivity index (χ3v) is 5.00. The number of unbranched alkanes of at least 4 members (excludes halogenated alkanes) is 3. The average molecular weight is 326 g/mol. The minimum Gasteiger partial charge on any atom is -0.339 e. The molecule has 4 heteroatoms. The van der Waals surface area contributed by atoms with Gasteiger partial charge in [0, 0.05) is 32.2 Å². The number of rotatable bonds is 10. The van der Waals surface area contributed by atoms with E-state index in [1.54, 1.807) is 0 Å². The van der Waals surface area contributed by atoms with E-state index in [1.807, 2.05) is 11.9 Å². The third-order valence-electron chi connectivity index (χ3n) is 5.00. The fourth-order valence-corrected chi connectivity index (χ4v) is 2.96. The Morgan fingerprint density at radius 3 is 2.13 bits per heavy atom. The van der Waals surface area contributed by atoms with Crippen molar-refractivity contribution in [1.29, 1.82) is 0 Å². The molecule has 0 bridgehead atoms. The summed E-state index contributed by atoms with van der Waals surface area (Å²) in [6.07, 6.45) is 6.78. The van der Waals surface area contributed by atoms with Crippen LogP contribution in [0.4, 0.5) is 0 Å². The van der Waals surface area contributed by atoms with E-state index < -0.39 is 0 Å². The first-order valence-corrected chi connectivity index (χ1v) is 9.60. The molecule has 0 unspecified atom stereocenters. The van der Waals surface area contributed by atoms with Crippen LogP contribution in [0.3, 0.4) is 0 Å². The number of carbonyl (C=O) groups excluding carboxylic acids is 1. The van der Waals surface area contributed by atoms with Gasteiger partial charge in [-0.25, -0.2) is 0 Å². The summed E-state index contributed by atoms with van der Waals surface area (Å²) in [5, 5.41) is 0. The van der Waals surface area contributed by atoms with Crippen LogP contribution in [0.15, 0.2) is 0 Å². The van der Waals surface area contributed by atoms with Crippen LogP contribution in [0, 0.1) is 5.92 Å². The molecule has 4 nitrogen and oxygen atoms in total. The van der Waals surface area contributed by atoms with E-state index in [0.717, 1.165) is 32.1 Å². The Labute approximate surface area is 144 Å². The van der Waals surface area contributed by atoms with Crippen LogP contribution in [0.1, 0.15) is 59.8 Å². The first kappa shape index (κ1) is 20.4. The fraction of sp³-hybridized carbons (Fsp3) is 0.947. The molecular formula is C19H39N3O. The predicted molar refractivity (Wildman–Crippen MR) is 98.7 cm³/mol. The average Bonchev–Trinajstić information content (AvgIpc) is 2.50. The first-order chi connectivity index (χ1) is 10.9. The second kappa shape index (κ2) is 11.0. The van der Waals surface area contributed by atoms with Crippen LogP contribution in [0.5, 0.6) is 0 Å². The standard InChI is InChI=1S/C19H39N3O/c1-17(2)10-8-6-7-9-11-21-12-14-22(15-13-21)19(23)16-20(5)18(3)4/h17-18H,6-16H2,1-5H3. The highest BCUT2D eigenvalue weighted by atomic mass is 16.2. The molecule has 0 saturated carbocycles. The summed E-state index contributed by atoms with van der Waals surface area (Å²) < 4.78 is 0. The molecule has 1 amide bonds. The normalized spacial score (nSPS) is 16.8. The minimum absolute atomic E-state index is 0.287. The molecule has 0 spiro atoms. The minimum atomic E-state index is 0.287.